The van der Waals surface area contributed by atoms with E-state index < -0.39 is 10.7 Å². The van der Waals surface area contributed by atoms with Crippen LogP contribution in [0.3, 0.4) is 0 Å². The summed E-state index contributed by atoms with van der Waals surface area (Å²) in [5.74, 6) is -0.820. The van der Waals surface area contributed by atoms with Gasteiger partial charge in [-0.1, -0.05) is 23.2 Å². The van der Waals surface area contributed by atoms with Gasteiger partial charge in [-0.15, -0.1) is 0 Å². The van der Waals surface area contributed by atoms with E-state index in [9.17, 15) is 19.7 Å². The molecule has 6 nitrogen and oxygen atoms in total. The third-order valence-electron chi connectivity index (χ3n) is 3.50. The molecule has 0 fully saturated rings. The van der Waals surface area contributed by atoms with Crippen LogP contribution in [0.5, 0.6) is 0 Å². The molecule has 116 valence electrons. The van der Waals surface area contributed by atoms with E-state index in [0.717, 1.165) is 0 Å². The summed E-state index contributed by atoms with van der Waals surface area (Å²) in [6, 6.07) is 5.52. The lowest BCUT2D eigenvalue weighted by atomic mass is 10.0. The van der Waals surface area contributed by atoms with Gasteiger partial charge in [-0.2, -0.15) is 0 Å². The highest BCUT2D eigenvalue weighted by molar-refractivity contribution is 6.44. The minimum absolute atomic E-state index is 0.0200. The first-order chi connectivity index (χ1) is 10.8. The number of ketones is 1. The minimum Gasteiger partial charge on any atom is -0.324 e. The Labute approximate surface area is 140 Å². The van der Waals surface area contributed by atoms with Crippen molar-refractivity contribution >= 4 is 46.3 Å². The zero-order valence-corrected chi connectivity index (χ0v) is 13.2. The topological polar surface area (TPSA) is 89.3 Å². The first kappa shape index (κ1) is 15.5. The van der Waals surface area contributed by atoms with Gasteiger partial charge in [0, 0.05) is 24.6 Å². The van der Waals surface area contributed by atoms with Crippen LogP contribution in [0, 0.1) is 10.1 Å². The predicted octanol–water partition coefficient (Wildman–Crippen LogP) is 4.07. The van der Waals surface area contributed by atoms with Crippen molar-refractivity contribution in [3.8, 4) is 11.1 Å². The number of amides is 1. The van der Waals surface area contributed by atoms with Gasteiger partial charge in [0.05, 0.1) is 26.2 Å². The van der Waals surface area contributed by atoms with Crippen molar-refractivity contribution in [3.05, 3.63) is 55.6 Å². The fourth-order valence-electron chi connectivity index (χ4n) is 2.55. The second-order valence-corrected chi connectivity index (χ2v) is 5.75. The molecule has 2 aromatic rings. The normalized spacial score (nSPS) is 11.9. The molecule has 1 aliphatic carbocycles. The summed E-state index contributed by atoms with van der Waals surface area (Å²) in [6.07, 6.45) is 0. The van der Waals surface area contributed by atoms with Crippen LogP contribution in [-0.2, 0) is 4.79 Å². The van der Waals surface area contributed by atoms with Crippen LogP contribution in [0.2, 0.25) is 10.0 Å². The van der Waals surface area contributed by atoms with E-state index in [1.165, 1.54) is 31.2 Å². The Bertz CT molecular complexity index is 909. The van der Waals surface area contributed by atoms with E-state index >= 15 is 0 Å². The number of nitro benzene ring substituents is 1. The van der Waals surface area contributed by atoms with E-state index in [1.807, 2.05) is 0 Å². The molecule has 0 heterocycles. The summed E-state index contributed by atoms with van der Waals surface area (Å²) < 4.78 is 0. The maximum atomic E-state index is 12.6. The van der Waals surface area contributed by atoms with Crippen LogP contribution in [0.4, 0.5) is 11.4 Å². The fraction of sp³-hybridized carbons (Fsp3) is 0.0667. The highest BCUT2D eigenvalue weighted by atomic mass is 35.5. The Hall–Kier alpha value is -2.44. The summed E-state index contributed by atoms with van der Waals surface area (Å²) in [5, 5.41) is 13.6. The highest BCUT2D eigenvalue weighted by Crippen LogP contribution is 2.46. The minimum atomic E-state index is -0.576. The van der Waals surface area contributed by atoms with Gasteiger partial charge in [-0.3, -0.25) is 19.7 Å². The Morgan fingerprint density at radius 3 is 2.48 bits per heavy atom. The van der Waals surface area contributed by atoms with Crippen LogP contribution in [0.1, 0.15) is 22.8 Å². The molecule has 0 bridgehead atoms. The van der Waals surface area contributed by atoms with Crippen molar-refractivity contribution in [2.24, 2.45) is 0 Å². The molecule has 23 heavy (non-hydrogen) atoms. The van der Waals surface area contributed by atoms with Crippen LogP contribution in [0.25, 0.3) is 11.1 Å². The van der Waals surface area contributed by atoms with Crippen LogP contribution in [-0.4, -0.2) is 16.6 Å². The van der Waals surface area contributed by atoms with Crippen molar-refractivity contribution in [3.63, 3.8) is 0 Å². The Kier molecular flexibility index (Phi) is 3.58. The summed E-state index contributed by atoms with van der Waals surface area (Å²) in [5.41, 5.74) is 1.34. The summed E-state index contributed by atoms with van der Waals surface area (Å²) >= 11 is 12.4. The third-order valence-corrected chi connectivity index (χ3v) is 4.17. The Balaban J connectivity index is 2.24. The molecular weight excluding hydrogens is 343 g/mol. The smallest absolute Gasteiger partial charge is 0.270 e. The van der Waals surface area contributed by atoms with E-state index in [4.69, 9.17) is 23.2 Å². The molecule has 2 aromatic carbocycles. The SMILES string of the molecule is CC(=O)Nc1c(Cl)cc2c(c1Cl)C(=O)c1cc([N+](=O)[O-])ccc1-2. The van der Waals surface area contributed by atoms with Crippen LogP contribution >= 0.6 is 23.2 Å². The number of rotatable bonds is 2. The molecule has 3 rings (SSSR count). The lowest BCUT2D eigenvalue weighted by Crippen LogP contribution is -2.08. The zero-order valence-electron chi connectivity index (χ0n) is 11.6. The van der Waals surface area contributed by atoms with Crippen molar-refractivity contribution < 1.29 is 14.5 Å². The molecule has 0 saturated heterocycles. The largest absolute Gasteiger partial charge is 0.324 e. The Morgan fingerprint density at radius 2 is 1.87 bits per heavy atom. The number of benzene rings is 2. The lowest BCUT2D eigenvalue weighted by molar-refractivity contribution is -0.384. The molecule has 1 N–H and O–H groups in total. The number of carbonyl (C=O) groups excluding carboxylic acids is 2. The van der Waals surface area contributed by atoms with E-state index in [0.29, 0.717) is 11.1 Å². The van der Waals surface area contributed by atoms with Gasteiger partial charge in [0.15, 0.2) is 5.78 Å². The van der Waals surface area contributed by atoms with E-state index in [-0.39, 0.29) is 38.5 Å². The Morgan fingerprint density at radius 1 is 1.17 bits per heavy atom. The van der Waals surface area contributed by atoms with Gasteiger partial charge in [0.25, 0.3) is 5.69 Å². The molecule has 0 atom stereocenters. The van der Waals surface area contributed by atoms with Crippen molar-refractivity contribution in [1.29, 1.82) is 0 Å². The summed E-state index contributed by atoms with van der Waals surface area (Å²) in [7, 11) is 0. The molecule has 1 amide bonds. The van der Waals surface area contributed by atoms with E-state index in [2.05, 4.69) is 5.32 Å². The molecular formula is C15H8Cl2N2O4. The number of hydrogen-bond donors (Lipinski definition) is 1. The van der Waals surface area contributed by atoms with Crippen LogP contribution < -0.4 is 5.32 Å². The van der Waals surface area contributed by atoms with Crippen LogP contribution in [0.15, 0.2) is 24.3 Å². The number of anilines is 1. The number of nitrogens with zero attached hydrogens (tertiary/aromatic N) is 1. The number of halogens is 2. The van der Waals surface area contributed by atoms with Gasteiger partial charge in [-0.05, 0) is 23.3 Å². The molecule has 0 aliphatic heterocycles. The van der Waals surface area contributed by atoms with Crippen molar-refractivity contribution in [1.82, 2.24) is 0 Å². The molecule has 0 spiro atoms. The second kappa shape index (κ2) is 5.33. The highest BCUT2D eigenvalue weighted by Gasteiger charge is 2.33. The van der Waals surface area contributed by atoms with E-state index in [1.54, 1.807) is 0 Å². The van der Waals surface area contributed by atoms with Crippen molar-refractivity contribution in [2.45, 2.75) is 6.92 Å². The molecule has 0 saturated carbocycles. The van der Waals surface area contributed by atoms with Gasteiger partial charge in [0.2, 0.25) is 5.91 Å². The van der Waals surface area contributed by atoms with Gasteiger partial charge in [0.1, 0.15) is 0 Å². The van der Waals surface area contributed by atoms with Gasteiger partial charge in [-0.25, -0.2) is 0 Å². The number of nitro groups is 1. The number of nitrogens with one attached hydrogen (secondary N) is 1. The predicted molar refractivity (Wildman–Crippen MR) is 86.3 cm³/mol. The quantitative estimate of drug-likeness (QED) is 0.557. The molecule has 0 unspecified atom stereocenters. The zero-order chi connectivity index (χ0) is 16.9. The van der Waals surface area contributed by atoms with Gasteiger partial charge >= 0.3 is 0 Å². The fourth-order valence-corrected chi connectivity index (χ4v) is 3.18. The second-order valence-electron chi connectivity index (χ2n) is 4.97. The molecule has 0 radical (unpaired) electrons. The molecule has 1 aliphatic rings. The summed E-state index contributed by atoms with van der Waals surface area (Å²) in [4.78, 5) is 34.1. The number of hydrogen-bond acceptors (Lipinski definition) is 4. The standard InChI is InChI=1S/C15H8Cl2N2O4/c1-6(20)18-14-11(16)5-9-8-3-2-7(19(22)23)4-10(8)15(21)12(9)13(14)17/h2-5H,1H3,(H,18,20). The third kappa shape index (κ3) is 2.36. The van der Waals surface area contributed by atoms with Crippen molar-refractivity contribution in [2.75, 3.05) is 5.32 Å². The number of fused-ring (bicyclic) bond motifs is 3. The maximum Gasteiger partial charge on any atom is 0.270 e. The molecule has 8 heteroatoms. The lowest BCUT2D eigenvalue weighted by Gasteiger charge is -2.11. The van der Waals surface area contributed by atoms with Gasteiger partial charge < -0.3 is 5.32 Å². The monoisotopic (exact) mass is 350 g/mol. The summed E-state index contributed by atoms with van der Waals surface area (Å²) in [6.45, 7) is 1.29. The molecule has 0 aromatic heterocycles. The maximum absolute atomic E-state index is 12.6. The number of non-ortho nitro benzene ring substituents is 1. The average molecular weight is 351 g/mol. The first-order valence-electron chi connectivity index (χ1n) is 6.44. The average Bonchev–Trinajstić information content (AvgIpc) is 2.76. The first-order valence-corrected chi connectivity index (χ1v) is 7.20. The number of carbonyl (C=O) groups is 2.